The highest BCUT2D eigenvalue weighted by Gasteiger charge is 2.25. The highest BCUT2D eigenvalue weighted by Crippen LogP contribution is 2.25. The molecule has 1 saturated carbocycles. The van der Waals surface area contributed by atoms with Crippen LogP contribution in [-0.4, -0.2) is 48.9 Å². The maximum atomic E-state index is 12.4. The molecule has 1 aliphatic rings. The van der Waals surface area contributed by atoms with E-state index in [-0.39, 0.29) is 23.2 Å². The van der Waals surface area contributed by atoms with Gasteiger partial charge in [-0.3, -0.25) is 4.79 Å². The molecule has 10 heteroatoms. The summed E-state index contributed by atoms with van der Waals surface area (Å²) in [5, 5.41) is 16.1. The standard InChI is InChI=1S/C22H24N6O3S/c1-28-12-14(21(30)31)7-18(20(28)29)13-3-6-19(23-9-13)26-15-4-5-16(8-15)27-22-24-10-17(32-2)11-25-22/h3,6-7,9-12,15-16H,4-5,8H2,1-2H3,(H,23,26)(H,30,31)(H,24,25,27)/t15-,16-/m0/s1. The van der Waals surface area contributed by atoms with Gasteiger partial charge in [0, 0.05) is 59.9 Å². The summed E-state index contributed by atoms with van der Waals surface area (Å²) in [4.78, 5) is 37.9. The van der Waals surface area contributed by atoms with Gasteiger partial charge < -0.3 is 20.3 Å². The molecule has 1 aliphatic carbocycles. The van der Waals surface area contributed by atoms with Crippen molar-refractivity contribution in [2.75, 3.05) is 16.9 Å². The van der Waals surface area contributed by atoms with E-state index >= 15 is 0 Å². The summed E-state index contributed by atoms with van der Waals surface area (Å²) in [6.07, 6.45) is 11.4. The van der Waals surface area contributed by atoms with E-state index in [9.17, 15) is 14.7 Å². The van der Waals surface area contributed by atoms with Gasteiger partial charge in [0.2, 0.25) is 5.95 Å². The van der Waals surface area contributed by atoms with Crippen LogP contribution in [0.1, 0.15) is 29.6 Å². The summed E-state index contributed by atoms with van der Waals surface area (Å²) in [5.74, 6) is 0.273. The molecule has 0 spiro atoms. The Morgan fingerprint density at radius 2 is 1.84 bits per heavy atom. The SMILES string of the molecule is CSc1cnc(N[C@H]2CC[C@H](Nc3ccc(-c4cc(C(=O)O)cn(C)c4=O)cn3)C2)nc1. The molecule has 0 unspecified atom stereocenters. The molecule has 0 amide bonds. The number of aromatic nitrogens is 4. The van der Waals surface area contributed by atoms with Gasteiger partial charge in [-0.05, 0) is 43.7 Å². The summed E-state index contributed by atoms with van der Waals surface area (Å²) >= 11 is 1.61. The minimum absolute atomic E-state index is 0.0564. The third-order valence-corrected chi connectivity index (χ3v) is 6.17. The van der Waals surface area contributed by atoms with Gasteiger partial charge in [-0.15, -0.1) is 11.8 Å². The topological polar surface area (TPSA) is 122 Å². The lowest BCUT2D eigenvalue weighted by atomic mass is 10.1. The Balaban J connectivity index is 1.39. The van der Waals surface area contributed by atoms with Gasteiger partial charge in [-0.25, -0.2) is 19.7 Å². The van der Waals surface area contributed by atoms with Crippen LogP contribution in [0.4, 0.5) is 11.8 Å². The number of carboxylic acid groups (broad SMARTS) is 1. The number of carbonyl (C=O) groups is 1. The highest BCUT2D eigenvalue weighted by molar-refractivity contribution is 7.98. The zero-order valence-electron chi connectivity index (χ0n) is 17.8. The average molecular weight is 453 g/mol. The summed E-state index contributed by atoms with van der Waals surface area (Å²) in [6.45, 7) is 0. The largest absolute Gasteiger partial charge is 0.478 e. The van der Waals surface area contributed by atoms with E-state index in [1.807, 2.05) is 24.7 Å². The lowest BCUT2D eigenvalue weighted by Gasteiger charge is -2.15. The Hall–Kier alpha value is -3.40. The number of hydrogen-bond acceptors (Lipinski definition) is 8. The van der Waals surface area contributed by atoms with Crippen molar-refractivity contribution in [3.05, 3.63) is 58.9 Å². The molecule has 0 bridgehead atoms. The average Bonchev–Trinajstić information content (AvgIpc) is 3.23. The number of nitrogens with one attached hydrogen (secondary N) is 2. The lowest BCUT2D eigenvalue weighted by Crippen LogP contribution is -2.22. The predicted molar refractivity (Wildman–Crippen MR) is 124 cm³/mol. The quantitative estimate of drug-likeness (QED) is 0.464. The fourth-order valence-corrected chi connectivity index (χ4v) is 4.12. The molecule has 1 fully saturated rings. The van der Waals surface area contributed by atoms with Crippen molar-refractivity contribution in [2.24, 2.45) is 7.05 Å². The molecule has 0 aromatic carbocycles. The maximum absolute atomic E-state index is 12.4. The van der Waals surface area contributed by atoms with E-state index in [2.05, 4.69) is 25.6 Å². The number of anilines is 2. The Bertz CT molecular complexity index is 1160. The fraction of sp³-hybridized carbons (Fsp3) is 0.318. The third-order valence-electron chi connectivity index (χ3n) is 5.49. The smallest absolute Gasteiger partial charge is 0.337 e. The van der Waals surface area contributed by atoms with Crippen LogP contribution in [0.2, 0.25) is 0 Å². The van der Waals surface area contributed by atoms with Crippen molar-refractivity contribution in [1.82, 2.24) is 19.5 Å². The van der Waals surface area contributed by atoms with Gasteiger partial charge in [0.1, 0.15) is 5.82 Å². The van der Waals surface area contributed by atoms with Gasteiger partial charge in [0.25, 0.3) is 5.56 Å². The number of aromatic carboxylic acids is 1. The molecule has 9 nitrogen and oxygen atoms in total. The molecule has 4 rings (SSSR count). The Morgan fingerprint density at radius 1 is 1.12 bits per heavy atom. The van der Waals surface area contributed by atoms with Crippen LogP contribution < -0.4 is 16.2 Å². The van der Waals surface area contributed by atoms with Crippen molar-refractivity contribution < 1.29 is 9.90 Å². The second-order valence-corrected chi connectivity index (χ2v) is 8.62. The monoisotopic (exact) mass is 452 g/mol. The van der Waals surface area contributed by atoms with Crippen molar-refractivity contribution >= 4 is 29.5 Å². The van der Waals surface area contributed by atoms with E-state index in [0.29, 0.717) is 22.9 Å². The number of carboxylic acids is 1. The minimum atomic E-state index is -1.08. The Kier molecular flexibility index (Phi) is 6.40. The normalized spacial score (nSPS) is 17.8. The van der Waals surface area contributed by atoms with Crippen molar-refractivity contribution in [2.45, 2.75) is 36.2 Å². The van der Waals surface area contributed by atoms with Crippen molar-refractivity contribution in [3.8, 4) is 11.1 Å². The van der Waals surface area contributed by atoms with E-state index < -0.39 is 5.97 Å². The molecule has 166 valence electrons. The van der Waals surface area contributed by atoms with Gasteiger partial charge in [-0.1, -0.05) is 0 Å². The maximum Gasteiger partial charge on any atom is 0.337 e. The van der Waals surface area contributed by atoms with E-state index in [1.54, 1.807) is 24.0 Å². The molecule has 32 heavy (non-hydrogen) atoms. The Labute approximate surface area is 189 Å². The van der Waals surface area contributed by atoms with E-state index in [0.717, 1.165) is 24.2 Å². The summed E-state index contributed by atoms with van der Waals surface area (Å²) in [7, 11) is 1.54. The van der Waals surface area contributed by atoms with Gasteiger partial charge >= 0.3 is 5.97 Å². The van der Waals surface area contributed by atoms with Gasteiger partial charge in [-0.2, -0.15) is 0 Å². The van der Waals surface area contributed by atoms with Crippen LogP contribution in [0.15, 0.2) is 52.7 Å². The van der Waals surface area contributed by atoms with Crippen LogP contribution in [0.5, 0.6) is 0 Å². The van der Waals surface area contributed by atoms with E-state index in [4.69, 9.17) is 0 Å². The first-order valence-electron chi connectivity index (χ1n) is 10.2. The number of hydrogen-bond donors (Lipinski definition) is 3. The summed E-state index contributed by atoms with van der Waals surface area (Å²) in [5.41, 5.74) is 0.677. The second kappa shape index (κ2) is 9.39. The first kappa shape index (κ1) is 21.8. The second-order valence-electron chi connectivity index (χ2n) is 7.74. The van der Waals surface area contributed by atoms with Crippen LogP contribution in [0.3, 0.4) is 0 Å². The number of thioether (sulfide) groups is 1. The van der Waals surface area contributed by atoms with E-state index in [1.165, 1.54) is 23.9 Å². The minimum Gasteiger partial charge on any atom is -0.478 e. The molecule has 3 aromatic heterocycles. The van der Waals surface area contributed by atoms with Crippen LogP contribution in [0.25, 0.3) is 11.1 Å². The zero-order valence-corrected chi connectivity index (χ0v) is 18.6. The molecular formula is C22H24N6O3S. The molecule has 2 atom stereocenters. The molecule has 0 radical (unpaired) electrons. The number of aryl methyl sites for hydroxylation is 1. The molecule has 3 N–H and O–H groups in total. The Morgan fingerprint density at radius 3 is 2.47 bits per heavy atom. The number of rotatable bonds is 7. The van der Waals surface area contributed by atoms with Crippen molar-refractivity contribution in [1.29, 1.82) is 0 Å². The van der Waals surface area contributed by atoms with Crippen LogP contribution >= 0.6 is 11.8 Å². The molecule has 3 heterocycles. The highest BCUT2D eigenvalue weighted by atomic mass is 32.2. The summed E-state index contributed by atoms with van der Waals surface area (Å²) < 4.78 is 1.27. The molecule has 0 aliphatic heterocycles. The van der Waals surface area contributed by atoms with Crippen LogP contribution in [0, 0.1) is 0 Å². The fourth-order valence-electron chi connectivity index (χ4n) is 3.81. The number of nitrogens with zero attached hydrogens (tertiary/aromatic N) is 4. The van der Waals surface area contributed by atoms with Gasteiger partial charge in [0.05, 0.1) is 5.56 Å². The molecule has 0 saturated heterocycles. The molecular weight excluding hydrogens is 428 g/mol. The zero-order chi connectivity index (χ0) is 22.7. The van der Waals surface area contributed by atoms with Gasteiger partial charge in [0.15, 0.2) is 0 Å². The summed E-state index contributed by atoms with van der Waals surface area (Å²) in [6, 6.07) is 5.53. The lowest BCUT2D eigenvalue weighted by molar-refractivity contribution is 0.0696. The van der Waals surface area contributed by atoms with Crippen LogP contribution in [-0.2, 0) is 7.05 Å². The third kappa shape index (κ3) is 4.91. The first-order chi connectivity index (χ1) is 15.4. The first-order valence-corrected chi connectivity index (χ1v) is 11.4. The van der Waals surface area contributed by atoms with Crippen molar-refractivity contribution in [3.63, 3.8) is 0 Å². The number of pyridine rings is 2. The predicted octanol–water partition coefficient (Wildman–Crippen LogP) is 3.10. The molecule has 3 aromatic rings.